The first-order valence-electron chi connectivity index (χ1n) is 8.42. The fourth-order valence-corrected chi connectivity index (χ4v) is 3.05. The number of esters is 1. The summed E-state index contributed by atoms with van der Waals surface area (Å²) in [5.41, 5.74) is 2.36. The smallest absolute Gasteiger partial charge is 0.331 e. The van der Waals surface area contributed by atoms with Crippen LogP contribution in [0.25, 0.3) is 6.08 Å². The minimum absolute atomic E-state index is 0.114. The van der Waals surface area contributed by atoms with Crippen molar-refractivity contribution in [3.63, 3.8) is 0 Å². The summed E-state index contributed by atoms with van der Waals surface area (Å²) in [4.78, 5) is 23.7. The minimum Gasteiger partial charge on any atom is -0.452 e. The highest BCUT2D eigenvalue weighted by atomic mass is 32.2. The van der Waals surface area contributed by atoms with Crippen molar-refractivity contribution in [2.24, 2.45) is 0 Å². The number of benzene rings is 2. The molecule has 0 atom stereocenters. The van der Waals surface area contributed by atoms with E-state index in [2.05, 4.69) is 5.32 Å². The van der Waals surface area contributed by atoms with Gasteiger partial charge in [-0.15, -0.1) is 0 Å². The first-order valence-corrected chi connectivity index (χ1v) is 9.86. The monoisotopic (exact) mass is 402 g/mol. The van der Waals surface area contributed by atoms with Crippen LogP contribution in [-0.4, -0.2) is 45.3 Å². The standard InChI is InChI=1S/C20H22N2O5S/c1-15-4-6-16(7-5-15)8-13-20(24)27-14-19(23)21-17-9-11-18(12-10-17)28(25,26)22(2)3/h4-13H,14H2,1-3H3,(H,21,23)/b13-8+. The molecule has 0 heterocycles. The molecule has 1 amide bonds. The molecule has 0 radical (unpaired) electrons. The molecule has 2 rings (SSSR count). The molecule has 0 saturated carbocycles. The van der Waals surface area contributed by atoms with Crippen LogP contribution in [-0.2, 0) is 24.3 Å². The van der Waals surface area contributed by atoms with Gasteiger partial charge in [-0.3, -0.25) is 4.79 Å². The second-order valence-electron chi connectivity index (χ2n) is 6.21. The van der Waals surface area contributed by atoms with Gasteiger partial charge in [0.2, 0.25) is 10.0 Å². The van der Waals surface area contributed by atoms with E-state index in [-0.39, 0.29) is 4.90 Å². The summed E-state index contributed by atoms with van der Waals surface area (Å²) in [5, 5.41) is 2.54. The Balaban J connectivity index is 1.85. The van der Waals surface area contributed by atoms with E-state index in [1.54, 1.807) is 6.08 Å². The van der Waals surface area contributed by atoms with E-state index in [1.807, 2.05) is 31.2 Å². The quantitative estimate of drug-likeness (QED) is 0.567. The van der Waals surface area contributed by atoms with Gasteiger partial charge in [-0.25, -0.2) is 17.5 Å². The summed E-state index contributed by atoms with van der Waals surface area (Å²) in [6.07, 6.45) is 2.85. The summed E-state index contributed by atoms with van der Waals surface area (Å²) in [6.45, 7) is 1.52. The fourth-order valence-electron chi connectivity index (χ4n) is 2.14. The third kappa shape index (κ3) is 6.04. The van der Waals surface area contributed by atoms with E-state index in [0.29, 0.717) is 5.69 Å². The summed E-state index contributed by atoms with van der Waals surface area (Å²) < 4.78 is 30.0. The van der Waals surface area contributed by atoms with Crippen LogP contribution in [0.15, 0.2) is 59.5 Å². The summed E-state index contributed by atoms with van der Waals surface area (Å²) in [5.74, 6) is -1.16. The fraction of sp³-hybridized carbons (Fsp3) is 0.200. The zero-order valence-corrected chi connectivity index (χ0v) is 16.7. The molecule has 0 saturated heterocycles. The molecule has 8 heteroatoms. The van der Waals surface area contributed by atoms with Crippen molar-refractivity contribution < 1.29 is 22.7 Å². The van der Waals surface area contributed by atoms with Gasteiger partial charge in [-0.1, -0.05) is 29.8 Å². The predicted molar refractivity (Wildman–Crippen MR) is 107 cm³/mol. The van der Waals surface area contributed by atoms with Gasteiger partial charge in [0.1, 0.15) is 0 Å². The number of aryl methyl sites for hydroxylation is 1. The molecule has 0 aliphatic heterocycles. The van der Waals surface area contributed by atoms with Crippen LogP contribution in [0.1, 0.15) is 11.1 Å². The second-order valence-corrected chi connectivity index (χ2v) is 8.36. The molecule has 28 heavy (non-hydrogen) atoms. The van der Waals surface area contributed by atoms with Crippen molar-refractivity contribution in [3.8, 4) is 0 Å². The summed E-state index contributed by atoms with van der Waals surface area (Å²) >= 11 is 0. The Morgan fingerprint density at radius 2 is 1.64 bits per heavy atom. The van der Waals surface area contributed by atoms with Gasteiger partial charge in [-0.2, -0.15) is 0 Å². The van der Waals surface area contributed by atoms with Crippen LogP contribution >= 0.6 is 0 Å². The molecule has 148 valence electrons. The van der Waals surface area contributed by atoms with Crippen molar-refractivity contribution in [2.75, 3.05) is 26.0 Å². The van der Waals surface area contributed by atoms with E-state index in [0.717, 1.165) is 15.4 Å². The van der Waals surface area contributed by atoms with Crippen molar-refractivity contribution >= 4 is 33.7 Å². The van der Waals surface area contributed by atoms with E-state index in [9.17, 15) is 18.0 Å². The first-order chi connectivity index (χ1) is 13.2. The Hall–Kier alpha value is -2.97. The van der Waals surface area contributed by atoms with E-state index >= 15 is 0 Å². The second kappa shape index (κ2) is 9.29. The Labute approximate surface area is 164 Å². The number of hydrogen-bond donors (Lipinski definition) is 1. The molecule has 2 aromatic carbocycles. The minimum atomic E-state index is -3.53. The maximum atomic E-state index is 12.0. The molecule has 0 aliphatic rings. The average Bonchev–Trinajstić information content (AvgIpc) is 2.66. The Morgan fingerprint density at radius 3 is 2.21 bits per heavy atom. The highest BCUT2D eigenvalue weighted by Crippen LogP contribution is 2.16. The number of carbonyl (C=O) groups excluding carboxylic acids is 2. The number of nitrogens with one attached hydrogen (secondary N) is 1. The zero-order chi connectivity index (χ0) is 20.7. The maximum Gasteiger partial charge on any atom is 0.331 e. The molecule has 0 fully saturated rings. The number of carbonyl (C=O) groups is 2. The molecule has 0 aromatic heterocycles. The molecular formula is C20H22N2O5S. The number of sulfonamides is 1. The number of hydrogen-bond acceptors (Lipinski definition) is 5. The van der Waals surface area contributed by atoms with Gasteiger partial charge in [-0.05, 0) is 42.8 Å². The van der Waals surface area contributed by atoms with Crippen molar-refractivity contribution in [1.29, 1.82) is 0 Å². The molecule has 0 aliphatic carbocycles. The normalized spacial score (nSPS) is 11.6. The number of anilines is 1. The lowest BCUT2D eigenvalue weighted by Gasteiger charge is -2.12. The van der Waals surface area contributed by atoms with E-state index in [1.165, 1.54) is 44.4 Å². The number of amides is 1. The molecule has 1 N–H and O–H groups in total. The van der Waals surface area contributed by atoms with Crippen molar-refractivity contribution in [2.45, 2.75) is 11.8 Å². The highest BCUT2D eigenvalue weighted by Gasteiger charge is 2.16. The van der Waals surface area contributed by atoms with Crippen LogP contribution in [0, 0.1) is 6.92 Å². The van der Waals surface area contributed by atoms with Crippen LogP contribution in [0.4, 0.5) is 5.69 Å². The van der Waals surface area contributed by atoms with Crippen LogP contribution in [0.5, 0.6) is 0 Å². The van der Waals surface area contributed by atoms with Gasteiger partial charge < -0.3 is 10.1 Å². The molecule has 0 unspecified atom stereocenters. The molecule has 7 nitrogen and oxygen atoms in total. The van der Waals surface area contributed by atoms with Gasteiger partial charge in [0.15, 0.2) is 6.61 Å². The number of ether oxygens (including phenoxy) is 1. The maximum absolute atomic E-state index is 12.0. The lowest BCUT2D eigenvalue weighted by atomic mass is 10.1. The Morgan fingerprint density at radius 1 is 1.04 bits per heavy atom. The number of nitrogens with zero attached hydrogens (tertiary/aromatic N) is 1. The molecule has 0 spiro atoms. The SMILES string of the molecule is Cc1ccc(/C=C/C(=O)OCC(=O)Nc2ccc(S(=O)(=O)N(C)C)cc2)cc1. The Kier molecular flexibility index (Phi) is 7.08. The summed E-state index contributed by atoms with van der Waals surface area (Å²) in [7, 11) is -0.657. The van der Waals surface area contributed by atoms with Crippen molar-refractivity contribution in [3.05, 3.63) is 65.7 Å². The van der Waals surface area contributed by atoms with Crippen LogP contribution < -0.4 is 5.32 Å². The third-order valence-corrected chi connectivity index (χ3v) is 5.58. The lowest BCUT2D eigenvalue weighted by Crippen LogP contribution is -2.22. The third-order valence-electron chi connectivity index (χ3n) is 3.75. The molecule has 0 bridgehead atoms. The molecular weight excluding hydrogens is 380 g/mol. The Bertz CT molecular complexity index is 963. The predicted octanol–water partition coefficient (Wildman–Crippen LogP) is 2.44. The van der Waals surface area contributed by atoms with Crippen molar-refractivity contribution in [1.82, 2.24) is 4.31 Å². The summed E-state index contributed by atoms with van der Waals surface area (Å²) in [6, 6.07) is 13.3. The highest BCUT2D eigenvalue weighted by molar-refractivity contribution is 7.89. The van der Waals surface area contributed by atoms with Gasteiger partial charge >= 0.3 is 5.97 Å². The van der Waals surface area contributed by atoms with Gasteiger partial charge in [0, 0.05) is 25.9 Å². The van der Waals surface area contributed by atoms with Crippen LogP contribution in [0.3, 0.4) is 0 Å². The topological polar surface area (TPSA) is 92.8 Å². The van der Waals surface area contributed by atoms with Crippen LogP contribution in [0.2, 0.25) is 0 Å². The average molecular weight is 402 g/mol. The number of rotatable bonds is 7. The molecule has 2 aromatic rings. The van der Waals surface area contributed by atoms with Gasteiger partial charge in [0.05, 0.1) is 4.90 Å². The van der Waals surface area contributed by atoms with Gasteiger partial charge in [0.25, 0.3) is 5.91 Å². The zero-order valence-electron chi connectivity index (χ0n) is 15.9. The lowest BCUT2D eigenvalue weighted by molar-refractivity contribution is -0.142. The van der Waals surface area contributed by atoms with E-state index < -0.39 is 28.5 Å². The largest absolute Gasteiger partial charge is 0.452 e. The van der Waals surface area contributed by atoms with E-state index in [4.69, 9.17) is 4.74 Å². The first kappa shape index (κ1) is 21.3.